The molecule has 19 heteroatoms. The van der Waals surface area contributed by atoms with E-state index in [1.54, 1.807) is 99.8 Å². The van der Waals surface area contributed by atoms with E-state index in [1.807, 2.05) is 0 Å². The largest absolute Gasteiger partial charge is 0.462 e. The molecular formula is C36H39ClFN8O8P. The smallest absolute Gasteiger partial charge is 0.459 e. The van der Waals surface area contributed by atoms with Gasteiger partial charge in [-0.25, -0.2) is 23.6 Å². The zero-order chi connectivity index (χ0) is 39.3. The van der Waals surface area contributed by atoms with Crippen LogP contribution in [0, 0.1) is 0 Å². The van der Waals surface area contributed by atoms with E-state index in [0.29, 0.717) is 11.4 Å². The Morgan fingerprint density at radius 3 is 2.20 bits per heavy atom. The Hall–Kier alpha value is -5.32. The number of nitrogens with zero attached hydrogens (tertiary/aromatic N) is 5. The third-order valence-corrected chi connectivity index (χ3v) is 10.2. The van der Waals surface area contributed by atoms with Crippen molar-refractivity contribution in [3.63, 3.8) is 0 Å². The number of hydrogen-bond acceptors (Lipinski definition) is 13. The van der Waals surface area contributed by atoms with Crippen LogP contribution in [0.15, 0.2) is 97.3 Å². The van der Waals surface area contributed by atoms with E-state index < -0.39 is 62.1 Å². The fourth-order valence-corrected chi connectivity index (χ4v) is 7.55. The number of imidazole rings is 1. The highest BCUT2D eigenvalue weighted by molar-refractivity contribution is 7.52. The van der Waals surface area contributed by atoms with Gasteiger partial charge in [-0.3, -0.25) is 13.9 Å². The molecule has 1 saturated heterocycles. The highest BCUT2D eigenvalue weighted by Gasteiger charge is 2.61. The number of fused-ring (bicyclic) bond motifs is 1. The number of carbonyl (C=O) groups excluding carboxylic acids is 2. The van der Waals surface area contributed by atoms with Gasteiger partial charge >= 0.3 is 19.8 Å². The molecule has 3 heterocycles. The topological polar surface area (TPSA) is 194 Å². The summed E-state index contributed by atoms with van der Waals surface area (Å²) in [5, 5.41) is 2.39. The lowest BCUT2D eigenvalue weighted by Gasteiger charge is -2.29. The van der Waals surface area contributed by atoms with E-state index in [0.717, 1.165) is 0 Å². The number of carbonyl (C=O) groups is 2. The van der Waals surface area contributed by atoms with Crippen LogP contribution in [-0.2, 0) is 28.1 Å². The van der Waals surface area contributed by atoms with Crippen molar-refractivity contribution < 1.29 is 41.8 Å². The summed E-state index contributed by atoms with van der Waals surface area (Å²) >= 11 is 6.74. The molecule has 6 rings (SSSR count). The van der Waals surface area contributed by atoms with Gasteiger partial charge in [-0.05, 0) is 57.2 Å². The molecule has 1 fully saturated rings. The molecule has 16 nitrogen and oxygen atoms in total. The second-order valence-electron chi connectivity index (χ2n) is 12.6. The molecular weight excluding hydrogens is 758 g/mol. The Morgan fingerprint density at radius 2 is 1.62 bits per heavy atom. The van der Waals surface area contributed by atoms with Crippen molar-refractivity contribution in [2.24, 2.45) is 0 Å². The summed E-state index contributed by atoms with van der Waals surface area (Å²) in [5.74, 6) is -0.524. The van der Waals surface area contributed by atoms with Gasteiger partial charge in [0, 0.05) is 7.05 Å². The minimum atomic E-state index is -4.51. The lowest BCUT2D eigenvalue weighted by Crippen LogP contribution is -2.45. The highest BCUT2D eigenvalue weighted by Crippen LogP contribution is 2.51. The Balaban J connectivity index is 1.37. The van der Waals surface area contributed by atoms with E-state index >= 15 is 4.39 Å². The Morgan fingerprint density at radius 1 is 1.02 bits per heavy atom. The Bertz CT molecular complexity index is 2110. The number of para-hydroxylation sites is 3. The summed E-state index contributed by atoms with van der Waals surface area (Å²) < 4.78 is 61.9. The van der Waals surface area contributed by atoms with Crippen molar-refractivity contribution >= 4 is 65.7 Å². The van der Waals surface area contributed by atoms with Crippen molar-refractivity contribution in [1.29, 1.82) is 0 Å². The average Bonchev–Trinajstić information content (AvgIpc) is 3.68. The number of aromatic nitrogens is 4. The van der Waals surface area contributed by atoms with Gasteiger partial charge < -0.3 is 29.8 Å². The van der Waals surface area contributed by atoms with Crippen LogP contribution in [0.1, 0.15) is 27.0 Å². The maximum atomic E-state index is 17.4. The molecule has 1 aliphatic rings. The molecule has 0 bridgehead atoms. The van der Waals surface area contributed by atoms with Gasteiger partial charge in [0.2, 0.25) is 5.95 Å². The quantitative estimate of drug-likeness (QED) is 0.0608. The monoisotopic (exact) mass is 796 g/mol. The summed E-state index contributed by atoms with van der Waals surface area (Å²) in [6.45, 7) is 3.99. The summed E-state index contributed by atoms with van der Waals surface area (Å²) in [6, 6.07) is 23.9. The third-order valence-electron chi connectivity index (χ3n) is 8.15. The number of nitrogens with two attached hydrogens (primary N) is 1. The van der Waals surface area contributed by atoms with Crippen molar-refractivity contribution in [2.45, 2.75) is 56.5 Å². The molecule has 4 N–H and O–H groups in total. The first-order valence-electron chi connectivity index (χ1n) is 17.1. The fourth-order valence-electron chi connectivity index (χ4n) is 5.71. The van der Waals surface area contributed by atoms with Gasteiger partial charge in [0.05, 0.1) is 30.4 Å². The van der Waals surface area contributed by atoms with Gasteiger partial charge in [0.25, 0.3) is 5.13 Å². The lowest BCUT2D eigenvalue weighted by atomic mass is 10.1. The summed E-state index contributed by atoms with van der Waals surface area (Å²) in [5.41, 5.74) is 7.02. The molecule has 1 unspecified atom stereocenters. The molecule has 0 saturated carbocycles. The number of rotatable bonds is 14. The molecule has 0 radical (unpaired) electrons. The summed E-state index contributed by atoms with van der Waals surface area (Å²) in [7, 11) is -2.92. The molecule has 290 valence electrons. The maximum absolute atomic E-state index is 17.4. The van der Waals surface area contributed by atoms with Crippen molar-refractivity contribution in [1.82, 2.24) is 24.6 Å². The maximum Gasteiger partial charge on any atom is 0.459 e. The first kappa shape index (κ1) is 39.4. The van der Waals surface area contributed by atoms with Gasteiger partial charge in [-0.15, -0.1) is 0 Å². The SMILES string of the molecule is CNc1nc(N)nc2c1ncn2[C@@H]1O[C@H](COP(=O)(N[C@@H](C)C(=O)OC(C)C)Oc2ccccc2)[C@@H](OC(=O)N(c2ccccc2)c2ccccc2)[C@]1(F)Cl. The normalized spacial score (nSPS) is 21.1. The third kappa shape index (κ3) is 8.82. The van der Waals surface area contributed by atoms with Crippen LogP contribution >= 0.6 is 19.3 Å². The van der Waals surface area contributed by atoms with Gasteiger partial charge in [-0.1, -0.05) is 66.2 Å². The number of alkyl halides is 2. The van der Waals surface area contributed by atoms with Gasteiger partial charge in [-0.2, -0.15) is 15.1 Å². The molecule has 1 aliphatic heterocycles. The number of hydrogen-bond donors (Lipinski definition) is 3. The zero-order valence-electron chi connectivity index (χ0n) is 30.1. The van der Waals surface area contributed by atoms with Crippen LogP contribution < -0.4 is 25.6 Å². The van der Waals surface area contributed by atoms with Crippen molar-refractivity contribution in [3.05, 3.63) is 97.3 Å². The number of halogens is 2. The molecule has 2 aromatic heterocycles. The zero-order valence-corrected chi connectivity index (χ0v) is 31.8. The molecule has 6 atom stereocenters. The standard InChI is InChI=1S/C36H39ClFN8O8P/c1-22(2)51-32(47)23(3)44-55(49,54-26-18-12-7-13-19-26)50-20-27-29(53-35(48)46(24-14-8-5-9-15-24)25-16-10-6-11-17-25)36(37,38)33(52-27)45-21-41-28-30(40-4)42-34(39)43-31(28)45/h5-19,21-23,27,29,33H,20H2,1-4H3,(H,44,49)(H3,39,40,42,43)/t23-,27+,29+,33+,36+,55?/m0/s1. The number of ether oxygens (including phenoxy) is 3. The number of benzene rings is 3. The number of nitrogens with one attached hydrogen (secondary N) is 2. The number of esters is 1. The van der Waals surface area contributed by atoms with Crippen LogP contribution in [0.25, 0.3) is 11.2 Å². The highest BCUT2D eigenvalue weighted by atomic mass is 35.5. The van der Waals surface area contributed by atoms with E-state index in [2.05, 4.69) is 25.4 Å². The minimum Gasteiger partial charge on any atom is -0.462 e. The molecule has 3 aromatic carbocycles. The van der Waals surface area contributed by atoms with Crippen LogP contribution in [0.5, 0.6) is 5.75 Å². The van der Waals surface area contributed by atoms with Crippen molar-refractivity contribution in [3.8, 4) is 5.75 Å². The first-order valence-corrected chi connectivity index (χ1v) is 19.0. The lowest BCUT2D eigenvalue weighted by molar-refractivity contribution is -0.149. The Kier molecular flexibility index (Phi) is 11.9. The predicted octanol–water partition coefficient (Wildman–Crippen LogP) is 6.73. The fraction of sp³-hybridized carbons (Fsp3) is 0.306. The van der Waals surface area contributed by atoms with Crippen molar-refractivity contribution in [2.75, 3.05) is 29.6 Å². The Labute approximate surface area is 320 Å². The molecule has 0 aliphatic carbocycles. The predicted molar refractivity (Wildman–Crippen MR) is 203 cm³/mol. The molecule has 55 heavy (non-hydrogen) atoms. The van der Waals surface area contributed by atoms with Crippen LogP contribution in [0.4, 0.5) is 32.3 Å². The molecule has 5 aromatic rings. The minimum absolute atomic E-state index is 0.0450. The van der Waals surface area contributed by atoms with E-state index in [9.17, 15) is 14.2 Å². The van der Waals surface area contributed by atoms with Crippen LogP contribution in [-0.4, -0.2) is 74.7 Å². The summed E-state index contributed by atoms with van der Waals surface area (Å²) in [6.07, 6.45) is -5.54. The van der Waals surface area contributed by atoms with Crippen LogP contribution in [0.2, 0.25) is 0 Å². The second-order valence-corrected chi connectivity index (χ2v) is 14.8. The molecule has 0 spiro atoms. The second kappa shape index (κ2) is 16.6. The first-order chi connectivity index (χ1) is 26.3. The number of amides is 1. The number of nitrogen functional groups attached to an aromatic ring is 1. The summed E-state index contributed by atoms with van der Waals surface area (Å²) in [4.78, 5) is 40.8. The van der Waals surface area contributed by atoms with E-state index in [-0.39, 0.29) is 28.7 Å². The van der Waals surface area contributed by atoms with Gasteiger partial charge in [0.15, 0.2) is 29.3 Å². The van der Waals surface area contributed by atoms with E-state index in [4.69, 9.17) is 40.6 Å². The number of anilines is 4. The molecule has 1 amide bonds. The van der Waals surface area contributed by atoms with Gasteiger partial charge in [0.1, 0.15) is 17.9 Å². The van der Waals surface area contributed by atoms with Crippen LogP contribution in [0.3, 0.4) is 0 Å². The van der Waals surface area contributed by atoms with E-state index in [1.165, 1.54) is 34.9 Å². The average molecular weight is 797 g/mol.